The van der Waals surface area contributed by atoms with Crippen molar-refractivity contribution >= 4 is 5.91 Å². The lowest BCUT2D eigenvalue weighted by atomic mass is 10.1. The van der Waals surface area contributed by atoms with Gasteiger partial charge in [0.1, 0.15) is 11.5 Å². The molecule has 2 aromatic heterocycles. The summed E-state index contributed by atoms with van der Waals surface area (Å²) in [6.07, 6.45) is 1.70. The van der Waals surface area contributed by atoms with Crippen molar-refractivity contribution in [1.29, 1.82) is 0 Å². The second-order valence-corrected chi connectivity index (χ2v) is 5.46. The van der Waals surface area contributed by atoms with Crippen LogP contribution in [0.2, 0.25) is 0 Å². The molecule has 3 rings (SSSR count). The van der Waals surface area contributed by atoms with Gasteiger partial charge in [-0.25, -0.2) is 4.68 Å². The van der Waals surface area contributed by atoms with Gasteiger partial charge in [0.2, 0.25) is 0 Å². The van der Waals surface area contributed by atoms with E-state index in [0.717, 1.165) is 30.2 Å². The Morgan fingerprint density at radius 1 is 1.52 bits per heavy atom. The van der Waals surface area contributed by atoms with Crippen LogP contribution >= 0.6 is 0 Å². The lowest BCUT2D eigenvalue weighted by Crippen LogP contribution is -2.43. The van der Waals surface area contributed by atoms with Gasteiger partial charge in [-0.2, -0.15) is 0 Å². The minimum Gasteiger partial charge on any atom is -0.466 e. The molecular formula is C14H19N5O2. The van der Waals surface area contributed by atoms with Gasteiger partial charge in [-0.3, -0.25) is 4.79 Å². The van der Waals surface area contributed by atoms with Gasteiger partial charge in [0, 0.05) is 18.7 Å². The average Bonchev–Trinajstić information content (AvgIpc) is 2.94. The van der Waals surface area contributed by atoms with E-state index in [-0.39, 0.29) is 11.9 Å². The summed E-state index contributed by atoms with van der Waals surface area (Å²) in [6, 6.07) is 2.11. The minimum absolute atomic E-state index is 0.134. The molecule has 0 bridgehead atoms. The van der Waals surface area contributed by atoms with Crippen LogP contribution in [0.4, 0.5) is 0 Å². The molecular weight excluding hydrogens is 270 g/mol. The maximum atomic E-state index is 12.2. The van der Waals surface area contributed by atoms with Crippen molar-refractivity contribution in [2.24, 2.45) is 0 Å². The van der Waals surface area contributed by atoms with Crippen LogP contribution in [0.25, 0.3) is 0 Å². The molecule has 7 nitrogen and oxygen atoms in total. The lowest BCUT2D eigenvalue weighted by Gasteiger charge is -2.26. The van der Waals surface area contributed by atoms with Gasteiger partial charge < -0.3 is 15.1 Å². The van der Waals surface area contributed by atoms with Gasteiger partial charge in [-0.1, -0.05) is 5.21 Å². The first-order valence-electron chi connectivity index (χ1n) is 7.05. The number of rotatable bonds is 4. The Morgan fingerprint density at radius 3 is 2.86 bits per heavy atom. The fourth-order valence-electron chi connectivity index (χ4n) is 2.45. The number of aromatic nitrogens is 3. The Hall–Kier alpha value is -2.15. The zero-order chi connectivity index (χ0) is 15.0. The maximum Gasteiger partial charge on any atom is 0.273 e. The third kappa shape index (κ3) is 2.69. The van der Waals surface area contributed by atoms with Gasteiger partial charge in [0.15, 0.2) is 5.69 Å². The number of nitrogens with one attached hydrogen (secondary N) is 2. The Labute approximate surface area is 122 Å². The Kier molecular flexibility index (Phi) is 3.50. The Morgan fingerprint density at radius 2 is 2.29 bits per heavy atom. The predicted octanol–water partition coefficient (Wildman–Crippen LogP) is 1.12. The molecule has 0 aromatic carbocycles. The van der Waals surface area contributed by atoms with Crippen LogP contribution in [0.1, 0.15) is 46.6 Å². The summed E-state index contributed by atoms with van der Waals surface area (Å²) in [7, 11) is 0. The number of hydrogen-bond donors (Lipinski definition) is 2. The number of hydrogen-bond acceptors (Lipinski definition) is 5. The summed E-state index contributed by atoms with van der Waals surface area (Å²) in [5, 5.41) is 14.0. The number of amides is 1. The molecule has 7 heteroatoms. The third-order valence-corrected chi connectivity index (χ3v) is 3.77. The van der Waals surface area contributed by atoms with E-state index in [1.54, 1.807) is 10.9 Å². The van der Waals surface area contributed by atoms with E-state index in [0.29, 0.717) is 11.7 Å². The molecule has 0 spiro atoms. The van der Waals surface area contributed by atoms with E-state index in [1.807, 2.05) is 26.8 Å². The van der Waals surface area contributed by atoms with E-state index in [9.17, 15) is 4.79 Å². The van der Waals surface area contributed by atoms with Crippen molar-refractivity contribution in [3.63, 3.8) is 0 Å². The molecule has 112 valence electrons. The van der Waals surface area contributed by atoms with Crippen LogP contribution < -0.4 is 10.6 Å². The average molecular weight is 289 g/mol. The number of nitrogens with zero attached hydrogens (tertiary/aromatic N) is 3. The SMILES string of the molecule is Cc1cc(C(C)NC(=O)c2cn(C3CNC3)nn2)c(C)o1. The van der Waals surface area contributed by atoms with E-state index in [4.69, 9.17) is 4.42 Å². The van der Waals surface area contributed by atoms with Crippen LogP contribution in [-0.4, -0.2) is 34.0 Å². The monoisotopic (exact) mass is 289 g/mol. The highest BCUT2D eigenvalue weighted by molar-refractivity contribution is 5.92. The van der Waals surface area contributed by atoms with E-state index in [1.165, 1.54) is 0 Å². The molecule has 21 heavy (non-hydrogen) atoms. The van der Waals surface area contributed by atoms with Crippen molar-refractivity contribution in [2.45, 2.75) is 32.9 Å². The lowest BCUT2D eigenvalue weighted by molar-refractivity contribution is 0.0934. The molecule has 1 atom stereocenters. The van der Waals surface area contributed by atoms with Crippen molar-refractivity contribution in [2.75, 3.05) is 13.1 Å². The second kappa shape index (κ2) is 5.33. The van der Waals surface area contributed by atoms with Gasteiger partial charge in [0.05, 0.1) is 18.3 Å². The van der Waals surface area contributed by atoms with Gasteiger partial charge in [-0.15, -0.1) is 5.10 Å². The quantitative estimate of drug-likeness (QED) is 0.881. The third-order valence-electron chi connectivity index (χ3n) is 3.77. The van der Waals surface area contributed by atoms with E-state index in [2.05, 4.69) is 20.9 Å². The van der Waals surface area contributed by atoms with Gasteiger partial charge >= 0.3 is 0 Å². The molecule has 0 aliphatic carbocycles. The minimum atomic E-state index is -0.223. The van der Waals surface area contributed by atoms with Crippen LogP contribution in [0.5, 0.6) is 0 Å². The number of carbonyl (C=O) groups is 1. The molecule has 1 fully saturated rings. The van der Waals surface area contributed by atoms with E-state index < -0.39 is 0 Å². The largest absolute Gasteiger partial charge is 0.466 e. The molecule has 1 aliphatic rings. The first-order chi connectivity index (χ1) is 10.0. The summed E-state index contributed by atoms with van der Waals surface area (Å²) >= 11 is 0. The molecule has 3 heterocycles. The number of carbonyl (C=O) groups excluding carboxylic acids is 1. The van der Waals surface area contributed by atoms with Crippen molar-refractivity contribution in [1.82, 2.24) is 25.6 Å². The smallest absolute Gasteiger partial charge is 0.273 e. The van der Waals surface area contributed by atoms with Gasteiger partial charge in [-0.05, 0) is 26.8 Å². The molecule has 2 N–H and O–H groups in total. The fraction of sp³-hybridized carbons (Fsp3) is 0.500. The first-order valence-corrected chi connectivity index (χ1v) is 7.05. The Balaban J connectivity index is 1.68. The first kappa shape index (κ1) is 13.8. The summed E-state index contributed by atoms with van der Waals surface area (Å²) in [4.78, 5) is 12.2. The second-order valence-electron chi connectivity index (χ2n) is 5.46. The molecule has 1 unspecified atom stereocenters. The highest BCUT2D eigenvalue weighted by atomic mass is 16.3. The molecule has 2 aromatic rings. The van der Waals surface area contributed by atoms with Crippen molar-refractivity contribution in [3.05, 3.63) is 35.0 Å². The van der Waals surface area contributed by atoms with Crippen molar-refractivity contribution < 1.29 is 9.21 Å². The van der Waals surface area contributed by atoms with Gasteiger partial charge in [0.25, 0.3) is 5.91 Å². The summed E-state index contributed by atoms with van der Waals surface area (Å²) in [5.41, 5.74) is 1.32. The van der Waals surface area contributed by atoms with E-state index >= 15 is 0 Å². The Bertz CT molecular complexity index is 656. The highest BCUT2D eigenvalue weighted by Crippen LogP contribution is 2.21. The zero-order valence-electron chi connectivity index (χ0n) is 12.4. The van der Waals surface area contributed by atoms with Crippen molar-refractivity contribution in [3.8, 4) is 0 Å². The molecule has 1 saturated heterocycles. The van der Waals surface area contributed by atoms with Crippen LogP contribution in [0, 0.1) is 13.8 Å². The van der Waals surface area contributed by atoms with Crippen LogP contribution in [-0.2, 0) is 0 Å². The van der Waals surface area contributed by atoms with Crippen LogP contribution in [0.15, 0.2) is 16.7 Å². The topological polar surface area (TPSA) is 85.0 Å². The maximum absolute atomic E-state index is 12.2. The zero-order valence-corrected chi connectivity index (χ0v) is 12.4. The van der Waals surface area contributed by atoms with Crippen LogP contribution in [0.3, 0.4) is 0 Å². The standard InChI is InChI=1S/C14H19N5O2/c1-8-4-12(10(3)21-8)9(2)16-14(20)13-7-19(18-17-13)11-5-15-6-11/h4,7,9,11,15H,5-6H2,1-3H3,(H,16,20). The number of aryl methyl sites for hydroxylation is 2. The fourth-order valence-corrected chi connectivity index (χ4v) is 2.45. The predicted molar refractivity (Wildman–Crippen MR) is 76.0 cm³/mol. The number of furan rings is 1. The summed E-state index contributed by atoms with van der Waals surface area (Å²) < 4.78 is 7.23. The molecule has 0 saturated carbocycles. The molecule has 0 radical (unpaired) electrons. The highest BCUT2D eigenvalue weighted by Gasteiger charge is 2.23. The molecule has 1 amide bonds. The summed E-state index contributed by atoms with van der Waals surface area (Å²) in [6.45, 7) is 7.45. The molecule has 1 aliphatic heterocycles. The summed E-state index contributed by atoms with van der Waals surface area (Å²) in [5.74, 6) is 1.44. The normalized spacial score (nSPS) is 16.5.